The largest absolute Gasteiger partial charge is 0.370 e. The molecule has 0 aliphatic rings. The highest BCUT2D eigenvalue weighted by atomic mass is 79.9. The normalized spacial score (nSPS) is 12.9. The number of hydrogen-bond acceptors (Lipinski definition) is 4. The van der Waals surface area contributed by atoms with Gasteiger partial charge in [0.05, 0.1) is 17.2 Å². The van der Waals surface area contributed by atoms with Gasteiger partial charge in [-0.2, -0.15) is 5.10 Å². The molecule has 1 heterocycles. The number of carbonyl (C=O) groups excluding carboxylic acids is 1. The second-order valence-electron chi connectivity index (χ2n) is 4.96. The van der Waals surface area contributed by atoms with Gasteiger partial charge < -0.3 is 9.64 Å². The van der Waals surface area contributed by atoms with Gasteiger partial charge in [-0.05, 0) is 43.4 Å². The second kappa shape index (κ2) is 8.54. The molecule has 20 heavy (non-hydrogen) atoms. The zero-order valence-electron chi connectivity index (χ0n) is 12.7. The highest BCUT2D eigenvalue weighted by Crippen LogP contribution is 2.20. The zero-order valence-corrected chi connectivity index (χ0v) is 14.3. The van der Waals surface area contributed by atoms with Crippen molar-refractivity contribution in [2.45, 2.75) is 39.3 Å². The summed E-state index contributed by atoms with van der Waals surface area (Å²) in [4.78, 5) is 14.7. The monoisotopic (exact) mass is 345 g/mol. The Kier molecular flexibility index (Phi) is 7.40. The quantitative estimate of drug-likeness (QED) is 0.645. The highest BCUT2D eigenvalue weighted by molar-refractivity contribution is 9.10. The predicted octanol–water partition coefficient (Wildman–Crippen LogP) is 2.60. The van der Waals surface area contributed by atoms with Gasteiger partial charge in [0.2, 0.25) is 5.78 Å². The van der Waals surface area contributed by atoms with E-state index in [-0.39, 0.29) is 11.9 Å². The Balaban J connectivity index is 2.92. The van der Waals surface area contributed by atoms with Crippen LogP contribution in [0.3, 0.4) is 0 Å². The topological polar surface area (TPSA) is 47.4 Å². The number of nitrogens with zero attached hydrogens (tertiary/aromatic N) is 3. The molecule has 0 aliphatic carbocycles. The Morgan fingerprint density at radius 1 is 1.50 bits per heavy atom. The van der Waals surface area contributed by atoms with Crippen LogP contribution in [0.15, 0.2) is 10.7 Å². The Bertz CT molecular complexity index is 426. The minimum Gasteiger partial charge on any atom is -0.370 e. The molecular weight excluding hydrogens is 322 g/mol. The molecule has 0 fully saturated rings. The van der Waals surface area contributed by atoms with E-state index in [9.17, 15) is 4.79 Å². The van der Waals surface area contributed by atoms with E-state index in [1.165, 1.54) is 0 Å². The molecule has 0 bridgehead atoms. The maximum Gasteiger partial charge on any atom is 0.210 e. The fourth-order valence-electron chi connectivity index (χ4n) is 1.98. The summed E-state index contributed by atoms with van der Waals surface area (Å²) in [6, 6.07) is 0. The summed E-state index contributed by atoms with van der Waals surface area (Å²) in [7, 11) is 4.00. The molecule has 1 rings (SSSR count). The molecular formula is C14H24BrN3O2. The highest BCUT2D eigenvalue weighted by Gasteiger charge is 2.25. The van der Waals surface area contributed by atoms with E-state index in [1.807, 2.05) is 21.0 Å². The van der Waals surface area contributed by atoms with Crippen LogP contribution >= 0.6 is 15.9 Å². The van der Waals surface area contributed by atoms with Crippen LogP contribution in [-0.4, -0.2) is 53.8 Å². The Labute approximate surface area is 129 Å². The molecule has 1 unspecified atom stereocenters. The van der Waals surface area contributed by atoms with Crippen molar-refractivity contribution in [3.8, 4) is 0 Å². The van der Waals surface area contributed by atoms with Crippen molar-refractivity contribution in [3.05, 3.63) is 16.4 Å². The number of halogens is 1. The summed E-state index contributed by atoms with van der Waals surface area (Å²) in [6.07, 6.45) is 2.95. The van der Waals surface area contributed by atoms with Gasteiger partial charge in [0, 0.05) is 13.2 Å². The first kappa shape index (κ1) is 17.3. The van der Waals surface area contributed by atoms with Crippen molar-refractivity contribution in [1.82, 2.24) is 14.7 Å². The average molecular weight is 346 g/mol. The van der Waals surface area contributed by atoms with E-state index < -0.39 is 0 Å². The molecule has 0 radical (unpaired) electrons. The summed E-state index contributed by atoms with van der Waals surface area (Å²) in [5.41, 5.74) is 0.610. The summed E-state index contributed by atoms with van der Waals surface area (Å²) < 4.78 is 8.08. The van der Waals surface area contributed by atoms with Crippen LogP contribution in [0.4, 0.5) is 0 Å². The molecule has 1 aromatic rings. The summed E-state index contributed by atoms with van der Waals surface area (Å²) in [5.74, 6) is 0.0110. The molecule has 0 aromatic carbocycles. The van der Waals surface area contributed by atoms with Gasteiger partial charge in [0.1, 0.15) is 11.8 Å². The lowest BCUT2D eigenvalue weighted by Crippen LogP contribution is -2.29. The molecule has 0 saturated heterocycles. The standard InChI is InChI=1S/C14H24BrN3O2/c1-5-7-12(20-6-2)14(19)13-11(15)10-16-18(13)9-8-17(3)4/h10,12H,5-9H2,1-4H3. The Morgan fingerprint density at radius 3 is 2.75 bits per heavy atom. The van der Waals surface area contributed by atoms with Crippen molar-refractivity contribution in [1.29, 1.82) is 0 Å². The van der Waals surface area contributed by atoms with E-state index in [2.05, 4.69) is 32.9 Å². The molecule has 0 amide bonds. The predicted molar refractivity (Wildman–Crippen MR) is 83.1 cm³/mol. The summed E-state index contributed by atoms with van der Waals surface area (Å²) in [5, 5.41) is 4.28. The third-order valence-corrected chi connectivity index (χ3v) is 3.58. The maximum atomic E-state index is 12.6. The SMILES string of the molecule is CCCC(OCC)C(=O)c1c(Br)cnn1CCN(C)C. The van der Waals surface area contributed by atoms with E-state index in [1.54, 1.807) is 10.9 Å². The van der Waals surface area contributed by atoms with Crippen molar-refractivity contribution in [3.63, 3.8) is 0 Å². The van der Waals surface area contributed by atoms with Crippen LogP contribution in [-0.2, 0) is 11.3 Å². The molecule has 1 aromatic heterocycles. The first-order valence-electron chi connectivity index (χ1n) is 7.03. The number of ether oxygens (including phenoxy) is 1. The molecule has 0 spiro atoms. The average Bonchev–Trinajstić information content (AvgIpc) is 2.76. The fourth-order valence-corrected chi connectivity index (χ4v) is 2.47. The van der Waals surface area contributed by atoms with Crippen LogP contribution < -0.4 is 0 Å². The lowest BCUT2D eigenvalue weighted by Gasteiger charge is -2.17. The molecule has 114 valence electrons. The molecule has 0 aliphatic heterocycles. The van der Waals surface area contributed by atoms with Crippen molar-refractivity contribution in [2.24, 2.45) is 0 Å². The number of hydrogen-bond donors (Lipinski definition) is 0. The minimum atomic E-state index is -0.379. The molecule has 0 saturated carbocycles. The first-order chi connectivity index (χ1) is 9.51. The number of aromatic nitrogens is 2. The number of Topliss-reactive ketones (excluding diaryl/α,β-unsaturated/α-hetero) is 1. The molecule has 5 nitrogen and oxygen atoms in total. The van der Waals surface area contributed by atoms with E-state index in [0.29, 0.717) is 18.8 Å². The third kappa shape index (κ3) is 4.68. The van der Waals surface area contributed by atoms with E-state index >= 15 is 0 Å². The van der Waals surface area contributed by atoms with Crippen LogP contribution in [0.2, 0.25) is 0 Å². The molecule has 0 N–H and O–H groups in total. The van der Waals surface area contributed by atoms with Gasteiger partial charge in [-0.15, -0.1) is 0 Å². The second-order valence-corrected chi connectivity index (χ2v) is 5.82. The smallest absolute Gasteiger partial charge is 0.210 e. The number of ketones is 1. The van der Waals surface area contributed by atoms with Gasteiger partial charge in [-0.1, -0.05) is 13.3 Å². The number of likely N-dealkylation sites (N-methyl/N-ethyl adjacent to an activating group) is 1. The summed E-state index contributed by atoms with van der Waals surface area (Å²) in [6.45, 7) is 6.03. The van der Waals surface area contributed by atoms with Crippen molar-refractivity contribution >= 4 is 21.7 Å². The lowest BCUT2D eigenvalue weighted by atomic mass is 10.1. The molecule has 1 atom stereocenters. The fraction of sp³-hybridized carbons (Fsp3) is 0.714. The van der Waals surface area contributed by atoms with Crippen LogP contribution in [0.5, 0.6) is 0 Å². The van der Waals surface area contributed by atoms with Gasteiger partial charge in [0.15, 0.2) is 0 Å². The van der Waals surface area contributed by atoms with Crippen molar-refractivity contribution in [2.75, 3.05) is 27.2 Å². The maximum absolute atomic E-state index is 12.6. The lowest BCUT2D eigenvalue weighted by molar-refractivity contribution is 0.0412. The first-order valence-corrected chi connectivity index (χ1v) is 7.82. The summed E-state index contributed by atoms with van der Waals surface area (Å²) >= 11 is 3.42. The third-order valence-electron chi connectivity index (χ3n) is 3.00. The van der Waals surface area contributed by atoms with Gasteiger partial charge in [0.25, 0.3) is 0 Å². The Hall–Kier alpha value is -0.720. The number of carbonyl (C=O) groups is 1. The number of rotatable bonds is 9. The van der Waals surface area contributed by atoms with E-state index in [0.717, 1.165) is 23.9 Å². The zero-order chi connectivity index (χ0) is 15.1. The van der Waals surface area contributed by atoms with Gasteiger partial charge >= 0.3 is 0 Å². The van der Waals surface area contributed by atoms with Crippen LogP contribution in [0.1, 0.15) is 37.2 Å². The van der Waals surface area contributed by atoms with Gasteiger partial charge in [-0.25, -0.2) is 0 Å². The minimum absolute atomic E-state index is 0.0110. The Morgan fingerprint density at radius 2 is 2.20 bits per heavy atom. The molecule has 6 heteroatoms. The van der Waals surface area contributed by atoms with Crippen LogP contribution in [0.25, 0.3) is 0 Å². The van der Waals surface area contributed by atoms with Crippen molar-refractivity contribution < 1.29 is 9.53 Å². The van der Waals surface area contributed by atoms with E-state index in [4.69, 9.17) is 4.74 Å². The van der Waals surface area contributed by atoms with Gasteiger partial charge in [-0.3, -0.25) is 9.48 Å². The van der Waals surface area contributed by atoms with Crippen LogP contribution in [0, 0.1) is 0 Å².